The zero-order chi connectivity index (χ0) is 16.0. The molecule has 0 fully saturated rings. The van der Waals surface area contributed by atoms with Gasteiger partial charge in [0.05, 0.1) is 0 Å². The van der Waals surface area contributed by atoms with Crippen LogP contribution in [0.15, 0.2) is 24.3 Å². The van der Waals surface area contributed by atoms with Crippen molar-refractivity contribution >= 4 is 6.09 Å². The standard InChI is InChI=1S/C12H12F5NO3/c1-18(11(19)20-7-12(15,16)17)6-8-2-4-9(5-3-8)21-10(13)14/h2-5,10H,6-7H2,1H3. The maximum Gasteiger partial charge on any atom is 0.422 e. The molecule has 0 aliphatic carbocycles. The molecule has 118 valence electrons. The van der Waals surface area contributed by atoms with Gasteiger partial charge >= 0.3 is 18.9 Å². The second-order valence-corrected chi connectivity index (χ2v) is 4.05. The first-order valence-electron chi connectivity index (χ1n) is 5.66. The molecule has 0 unspecified atom stereocenters. The van der Waals surface area contributed by atoms with E-state index in [1.807, 2.05) is 0 Å². The highest BCUT2D eigenvalue weighted by molar-refractivity contribution is 5.67. The number of halogens is 5. The first-order chi connectivity index (χ1) is 9.67. The van der Waals surface area contributed by atoms with E-state index in [1.54, 1.807) is 0 Å². The summed E-state index contributed by atoms with van der Waals surface area (Å²) in [5.74, 6) is -0.0592. The summed E-state index contributed by atoms with van der Waals surface area (Å²) in [7, 11) is 1.25. The summed E-state index contributed by atoms with van der Waals surface area (Å²) in [5, 5.41) is 0. The summed E-state index contributed by atoms with van der Waals surface area (Å²) in [6.45, 7) is -4.65. The van der Waals surface area contributed by atoms with Crippen molar-refractivity contribution < 1.29 is 36.2 Å². The van der Waals surface area contributed by atoms with Crippen molar-refractivity contribution in [2.24, 2.45) is 0 Å². The van der Waals surface area contributed by atoms with Crippen molar-refractivity contribution in [3.05, 3.63) is 29.8 Å². The van der Waals surface area contributed by atoms with E-state index >= 15 is 0 Å². The van der Waals surface area contributed by atoms with Gasteiger partial charge in [-0.15, -0.1) is 0 Å². The molecule has 0 saturated heterocycles. The third-order valence-corrected chi connectivity index (χ3v) is 2.24. The number of ether oxygens (including phenoxy) is 2. The highest BCUT2D eigenvalue weighted by Gasteiger charge is 2.30. The molecule has 0 bridgehead atoms. The molecule has 21 heavy (non-hydrogen) atoms. The quantitative estimate of drug-likeness (QED) is 0.782. The second kappa shape index (κ2) is 7.09. The second-order valence-electron chi connectivity index (χ2n) is 4.05. The number of hydrogen-bond donors (Lipinski definition) is 0. The van der Waals surface area contributed by atoms with E-state index < -0.39 is 25.5 Å². The SMILES string of the molecule is CN(Cc1ccc(OC(F)F)cc1)C(=O)OCC(F)(F)F. The number of carbonyl (C=O) groups is 1. The van der Waals surface area contributed by atoms with Gasteiger partial charge in [-0.25, -0.2) is 4.79 Å². The van der Waals surface area contributed by atoms with Crippen molar-refractivity contribution in [1.82, 2.24) is 4.90 Å². The Balaban J connectivity index is 2.50. The maximum atomic E-state index is 11.9. The predicted molar refractivity (Wildman–Crippen MR) is 61.9 cm³/mol. The molecule has 0 aromatic heterocycles. The van der Waals surface area contributed by atoms with Gasteiger partial charge < -0.3 is 14.4 Å². The van der Waals surface area contributed by atoms with E-state index in [9.17, 15) is 26.7 Å². The largest absolute Gasteiger partial charge is 0.440 e. The molecule has 1 rings (SSSR count). The molecule has 4 nitrogen and oxygen atoms in total. The normalized spacial score (nSPS) is 11.4. The van der Waals surface area contributed by atoms with Crippen LogP contribution >= 0.6 is 0 Å². The first kappa shape index (κ1) is 17.0. The lowest BCUT2D eigenvalue weighted by molar-refractivity contribution is -0.162. The Kier molecular flexibility index (Phi) is 5.74. The predicted octanol–water partition coefficient (Wildman–Crippen LogP) is 3.42. The van der Waals surface area contributed by atoms with E-state index in [-0.39, 0.29) is 12.3 Å². The Morgan fingerprint density at radius 1 is 1.24 bits per heavy atom. The molecule has 0 atom stereocenters. The Hall–Kier alpha value is -2.06. The van der Waals surface area contributed by atoms with Crippen molar-refractivity contribution in [3.8, 4) is 5.75 Å². The van der Waals surface area contributed by atoms with E-state index in [0.717, 1.165) is 4.90 Å². The molecule has 0 N–H and O–H groups in total. The fourth-order valence-corrected chi connectivity index (χ4v) is 1.37. The Labute approximate surface area is 117 Å². The number of carbonyl (C=O) groups excluding carboxylic acids is 1. The van der Waals surface area contributed by atoms with Crippen LogP contribution in [0, 0.1) is 0 Å². The lowest BCUT2D eigenvalue weighted by Gasteiger charge is -2.18. The van der Waals surface area contributed by atoms with Crippen molar-refractivity contribution in [1.29, 1.82) is 0 Å². The number of nitrogens with zero attached hydrogens (tertiary/aromatic N) is 1. The van der Waals surface area contributed by atoms with Gasteiger partial charge in [-0.2, -0.15) is 22.0 Å². The van der Waals surface area contributed by atoms with Crippen LogP contribution in [0.2, 0.25) is 0 Å². The Bertz CT molecular complexity index is 461. The maximum absolute atomic E-state index is 11.9. The van der Waals surface area contributed by atoms with Gasteiger partial charge in [0.25, 0.3) is 0 Å². The van der Waals surface area contributed by atoms with Gasteiger partial charge in [0.15, 0.2) is 6.61 Å². The average molecular weight is 313 g/mol. The molecule has 0 spiro atoms. The van der Waals surface area contributed by atoms with Crippen LogP contribution in [-0.2, 0) is 11.3 Å². The van der Waals surface area contributed by atoms with E-state index in [1.165, 1.54) is 31.3 Å². The Morgan fingerprint density at radius 2 is 1.81 bits per heavy atom. The number of amides is 1. The van der Waals surface area contributed by atoms with Crippen molar-refractivity contribution in [3.63, 3.8) is 0 Å². The highest BCUT2D eigenvalue weighted by atomic mass is 19.4. The highest BCUT2D eigenvalue weighted by Crippen LogP contribution is 2.17. The van der Waals surface area contributed by atoms with E-state index in [2.05, 4.69) is 9.47 Å². The molecule has 1 aromatic carbocycles. The van der Waals surface area contributed by atoms with Crippen LogP contribution in [0.1, 0.15) is 5.56 Å². The minimum absolute atomic E-state index is 0.0361. The number of hydrogen-bond acceptors (Lipinski definition) is 3. The molecule has 0 aliphatic heterocycles. The van der Waals surface area contributed by atoms with E-state index in [0.29, 0.717) is 5.56 Å². The van der Waals surface area contributed by atoms with Crippen molar-refractivity contribution in [2.75, 3.05) is 13.7 Å². The average Bonchev–Trinajstić information content (AvgIpc) is 2.36. The minimum atomic E-state index is -4.59. The topological polar surface area (TPSA) is 38.8 Å². The van der Waals surface area contributed by atoms with Crippen LogP contribution in [0.5, 0.6) is 5.75 Å². The van der Waals surface area contributed by atoms with Crippen LogP contribution < -0.4 is 4.74 Å². The monoisotopic (exact) mass is 313 g/mol. The zero-order valence-electron chi connectivity index (χ0n) is 10.9. The summed E-state index contributed by atoms with van der Waals surface area (Å²) in [6, 6.07) is 5.34. The number of rotatable bonds is 5. The van der Waals surface area contributed by atoms with Crippen molar-refractivity contribution in [2.45, 2.75) is 19.3 Å². The third kappa shape index (κ3) is 6.77. The summed E-state index contributed by atoms with van der Waals surface area (Å²) in [5.41, 5.74) is 0.517. The minimum Gasteiger partial charge on any atom is -0.440 e. The molecule has 0 heterocycles. The van der Waals surface area contributed by atoms with E-state index in [4.69, 9.17) is 0 Å². The van der Waals surface area contributed by atoms with Crippen LogP contribution in [0.25, 0.3) is 0 Å². The molecule has 1 amide bonds. The molecule has 9 heteroatoms. The summed E-state index contributed by atoms with van der Waals surface area (Å²) < 4.78 is 67.7. The fourth-order valence-electron chi connectivity index (χ4n) is 1.37. The van der Waals surface area contributed by atoms with Gasteiger partial charge in [-0.1, -0.05) is 12.1 Å². The smallest absolute Gasteiger partial charge is 0.422 e. The van der Waals surface area contributed by atoms with Gasteiger partial charge in [0.1, 0.15) is 5.75 Å². The number of benzene rings is 1. The molecule has 1 aromatic rings. The third-order valence-electron chi connectivity index (χ3n) is 2.24. The lowest BCUT2D eigenvalue weighted by atomic mass is 10.2. The molecular weight excluding hydrogens is 301 g/mol. The molecule has 0 radical (unpaired) electrons. The van der Waals surface area contributed by atoms with Crippen LogP contribution in [0.4, 0.5) is 26.7 Å². The zero-order valence-corrected chi connectivity index (χ0v) is 10.9. The summed E-state index contributed by atoms with van der Waals surface area (Å²) >= 11 is 0. The molecule has 0 aliphatic rings. The Morgan fingerprint density at radius 3 is 2.29 bits per heavy atom. The van der Waals surface area contributed by atoms with Crippen LogP contribution in [-0.4, -0.2) is 37.4 Å². The molecular formula is C12H12F5NO3. The fraction of sp³-hybridized carbons (Fsp3) is 0.417. The van der Waals surface area contributed by atoms with Gasteiger partial charge in [0.2, 0.25) is 0 Å². The van der Waals surface area contributed by atoms with Gasteiger partial charge in [0, 0.05) is 13.6 Å². The molecule has 0 saturated carbocycles. The summed E-state index contributed by atoms with van der Waals surface area (Å²) in [4.78, 5) is 12.2. The lowest BCUT2D eigenvalue weighted by Crippen LogP contribution is -2.30. The summed E-state index contributed by atoms with van der Waals surface area (Å²) in [6.07, 6.45) is -5.73. The van der Waals surface area contributed by atoms with Gasteiger partial charge in [-0.3, -0.25) is 0 Å². The number of alkyl halides is 5. The van der Waals surface area contributed by atoms with Gasteiger partial charge in [-0.05, 0) is 17.7 Å². The van der Waals surface area contributed by atoms with Crippen LogP contribution in [0.3, 0.4) is 0 Å². The first-order valence-corrected chi connectivity index (χ1v) is 5.66.